The molecule has 1 aliphatic rings. The van der Waals surface area contributed by atoms with Crippen molar-refractivity contribution < 1.29 is 14.6 Å². The minimum atomic E-state index is -0.780. The van der Waals surface area contributed by atoms with Crippen LogP contribution in [-0.4, -0.2) is 28.7 Å². The number of carbonyl (C=O) groups is 1. The van der Waals surface area contributed by atoms with Crippen molar-refractivity contribution in [2.45, 2.75) is 44.6 Å². The van der Waals surface area contributed by atoms with Gasteiger partial charge in [0.25, 0.3) is 0 Å². The standard InChI is InChI=1S/C16H22O3S/c1-16(2,10-15(17)18)13-7-3-4-8-14(13)19-12-6-5-9-20-11-12/h3-4,7-8,12H,5-6,9-11H2,1-2H3,(H,17,18). The second-order valence-electron chi connectivity index (χ2n) is 5.91. The maximum atomic E-state index is 11.0. The maximum absolute atomic E-state index is 11.0. The third-order valence-electron chi connectivity index (χ3n) is 3.62. The lowest BCUT2D eigenvalue weighted by Gasteiger charge is -2.29. The van der Waals surface area contributed by atoms with Crippen LogP contribution >= 0.6 is 11.8 Å². The van der Waals surface area contributed by atoms with Gasteiger partial charge in [-0.25, -0.2) is 0 Å². The van der Waals surface area contributed by atoms with Gasteiger partial charge >= 0.3 is 5.97 Å². The molecule has 4 heteroatoms. The van der Waals surface area contributed by atoms with Gasteiger partial charge in [-0.3, -0.25) is 4.79 Å². The topological polar surface area (TPSA) is 46.5 Å². The van der Waals surface area contributed by atoms with Gasteiger partial charge < -0.3 is 9.84 Å². The van der Waals surface area contributed by atoms with E-state index < -0.39 is 11.4 Å². The minimum absolute atomic E-state index is 0.104. The van der Waals surface area contributed by atoms with Crippen LogP contribution in [0.5, 0.6) is 5.75 Å². The van der Waals surface area contributed by atoms with Gasteiger partial charge in [0, 0.05) is 16.7 Å². The zero-order valence-corrected chi connectivity index (χ0v) is 12.9. The second kappa shape index (κ2) is 6.53. The average Bonchev–Trinajstić information content (AvgIpc) is 2.39. The first-order chi connectivity index (χ1) is 9.49. The van der Waals surface area contributed by atoms with Gasteiger partial charge in [-0.15, -0.1) is 0 Å². The lowest BCUT2D eigenvalue weighted by atomic mass is 9.81. The van der Waals surface area contributed by atoms with E-state index in [2.05, 4.69) is 0 Å². The van der Waals surface area contributed by atoms with Crippen LogP contribution in [0.2, 0.25) is 0 Å². The molecule has 20 heavy (non-hydrogen) atoms. The Morgan fingerprint density at radius 3 is 2.85 bits per heavy atom. The number of ether oxygens (including phenoxy) is 1. The van der Waals surface area contributed by atoms with Crippen molar-refractivity contribution in [1.29, 1.82) is 0 Å². The Balaban J connectivity index is 2.18. The minimum Gasteiger partial charge on any atom is -0.489 e. The fourth-order valence-corrected chi connectivity index (χ4v) is 3.62. The van der Waals surface area contributed by atoms with Crippen LogP contribution in [0.4, 0.5) is 0 Å². The van der Waals surface area contributed by atoms with E-state index in [0.29, 0.717) is 0 Å². The number of para-hydroxylation sites is 1. The van der Waals surface area contributed by atoms with Crippen molar-refractivity contribution in [3.8, 4) is 5.75 Å². The Morgan fingerprint density at radius 2 is 2.20 bits per heavy atom. The van der Waals surface area contributed by atoms with E-state index in [1.54, 1.807) is 0 Å². The molecule has 0 amide bonds. The molecule has 1 heterocycles. The number of hydrogen-bond acceptors (Lipinski definition) is 3. The second-order valence-corrected chi connectivity index (χ2v) is 7.06. The molecule has 0 spiro atoms. The number of carboxylic acids is 1. The van der Waals surface area contributed by atoms with Gasteiger partial charge in [0.15, 0.2) is 0 Å². The summed E-state index contributed by atoms with van der Waals surface area (Å²) in [6.07, 6.45) is 2.62. The van der Waals surface area contributed by atoms with Gasteiger partial charge in [-0.2, -0.15) is 11.8 Å². The van der Waals surface area contributed by atoms with E-state index in [1.807, 2.05) is 49.9 Å². The van der Waals surface area contributed by atoms with Crippen LogP contribution in [0.3, 0.4) is 0 Å². The van der Waals surface area contributed by atoms with E-state index in [9.17, 15) is 4.79 Å². The van der Waals surface area contributed by atoms with E-state index in [0.717, 1.165) is 23.5 Å². The van der Waals surface area contributed by atoms with Gasteiger partial charge in [-0.1, -0.05) is 32.0 Å². The molecule has 0 aromatic heterocycles. The molecule has 2 rings (SSSR count). The third-order valence-corrected chi connectivity index (χ3v) is 4.81. The van der Waals surface area contributed by atoms with Crippen LogP contribution in [0.15, 0.2) is 24.3 Å². The molecule has 1 saturated heterocycles. The van der Waals surface area contributed by atoms with Crippen LogP contribution < -0.4 is 4.74 Å². The molecule has 1 N–H and O–H groups in total. The molecular formula is C16H22O3S. The molecule has 0 radical (unpaired) electrons. The Labute approximate surface area is 124 Å². The molecule has 0 aliphatic carbocycles. The molecule has 3 nitrogen and oxygen atoms in total. The van der Waals surface area contributed by atoms with Gasteiger partial charge in [-0.05, 0) is 24.7 Å². The molecule has 1 aliphatic heterocycles. The van der Waals surface area contributed by atoms with E-state index in [1.165, 1.54) is 12.2 Å². The average molecular weight is 294 g/mol. The molecule has 1 aromatic rings. The molecule has 1 unspecified atom stereocenters. The van der Waals surface area contributed by atoms with Crippen LogP contribution in [0.1, 0.15) is 38.7 Å². The normalized spacial score (nSPS) is 19.6. The molecule has 0 saturated carbocycles. The lowest BCUT2D eigenvalue weighted by Crippen LogP contribution is -2.27. The molecule has 1 atom stereocenters. The Hall–Kier alpha value is -1.16. The number of rotatable bonds is 5. The Kier molecular flexibility index (Phi) is 4.97. The van der Waals surface area contributed by atoms with Gasteiger partial charge in [0.05, 0.1) is 6.42 Å². The number of thioether (sulfide) groups is 1. The summed E-state index contributed by atoms with van der Waals surface area (Å²) in [4.78, 5) is 11.0. The number of carboxylic acid groups (broad SMARTS) is 1. The van der Waals surface area contributed by atoms with E-state index >= 15 is 0 Å². The summed E-state index contributed by atoms with van der Waals surface area (Å²) in [5.74, 6) is 2.30. The van der Waals surface area contributed by atoms with Gasteiger partial charge in [0.1, 0.15) is 11.9 Å². The van der Waals surface area contributed by atoms with E-state index in [-0.39, 0.29) is 12.5 Å². The summed E-state index contributed by atoms with van der Waals surface area (Å²) in [7, 11) is 0. The summed E-state index contributed by atoms with van der Waals surface area (Å²) in [6, 6.07) is 7.83. The van der Waals surface area contributed by atoms with Crippen LogP contribution in [-0.2, 0) is 10.2 Å². The lowest BCUT2D eigenvalue weighted by molar-refractivity contribution is -0.138. The summed E-state index contributed by atoms with van der Waals surface area (Å²) < 4.78 is 6.14. The zero-order valence-electron chi connectivity index (χ0n) is 12.1. The monoisotopic (exact) mass is 294 g/mol. The molecule has 1 fully saturated rings. The van der Waals surface area contributed by atoms with E-state index in [4.69, 9.17) is 9.84 Å². The fraction of sp³-hybridized carbons (Fsp3) is 0.562. The first-order valence-electron chi connectivity index (χ1n) is 7.05. The van der Waals surface area contributed by atoms with Crippen molar-refractivity contribution in [2.24, 2.45) is 0 Å². The predicted molar refractivity (Wildman–Crippen MR) is 82.7 cm³/mol. The van der Waals surface area contributed by atoms with Crippen molar-refractivity contribution in [3.63, 3.8) is 0 Å². The Morgan fingerprint density at radius 1 is 1.45 bits per heavy atom. The SMILES string of the molecule is CC(C)(CC(=O)O)c1ccccc1OC1CCCSC1. The zero-order chi connectivity index (χ0) is 14.6. The highest BCUT2D eigenvalue weighted by atomic mass is 32.2. The number of aliphatic carboxylic acids is 1. The van der Waals surface area contributed by atoms with Crippen LogP contribution in [0, 0.1) is 0 Å². The highest BCUT2D eigenvalue weighted by Gasteiger charge is 2.28. The highest BCUT2D eigenvalue weighted by molar-refractivity contribution is 7.99. The molecule has 110 valence electrons. The Bertz CT molecular complexity index is 465. The number of hydrogen-bond donors (Lipinski definition) is 1. The fourth-order valence-electron chi connectivity index (χ4n) is 2.59. The van der Waals surface area contributed by atoms with Crippen molar-refractivity contribution in [3.05, 3.63) is 29.8 Å². The summed E-state index contributed by atoms with van der Waals surface area (Å²) in [6.45, 7) is 3.91. The van der Waals surface area contributed by atoms with Crippen molar-refractivity contribution in [1.82, 2.24) is 0 Å². The van der Waals surface area contributed by atoms with Crippen molar-refractivity contribution in [2.75, 3.05) is 11.5 Å². The first-order valence-corrected chi connectivity index (χ1v) is 8.20. The number of benzene rings is 1. The van der Waals surface area contributed by atoms with Crippen molar-refractivity contribution >= 4 is 17.7 Å². The summed E-state index contributed by atoms with van der Waals surface area (Å²) >= 11 is 1.93. The largest absolute Gasteiger partial charge is 0.489 e. The summed E-state index contributed by atoms with van der Waals surface area (Å²) in [5, 5.41) is 9.08. The third kappa shape index (κ3) is 3.92. The first kappa shape index (κ1) is 15.2. The molecule has 0 bridgehead atoms. The highest BCUT2D eigenvalue weighted by Crippen LogP contribution is 2.35. The molecule has 1 aromatic carbocycles. The van der Waals surface area contributed by atoms with Gasteiger partial charge in [0.2, 0.25) is 0 Å². The molecular weight excluding hydrogens is 272 g/mol. The smallest absolute Gasteiger partial charge is 0.304 e. The van der Waals surface area contributed by atoms with Crippen LogP contribution in [0.25, 0.3) is 0 Å². The maximum Gasteiger partial charge on any atom is 0.304 e. The quantitative estimate of drug-likeness (QED) is 0.899. The summed E-state index contributed by atoms with van der Waals surface area (Å²) in [5.41, 5.74) is 0.558. The predicted octanol–water partition coefficient (Wildman–Crippen LogP) is 3.71.